The minimum absolute atomic E-state index is 0.0943. The van der Waals surface area contributed by atoms with Gasteiger partial charge in [-0.15, -0.1) is 0 Å². The molecule has 5 rings (SSSR count). The third-order valence-electron chi connectivity index (χ3n) is 13.6. The summed E-state index contributed by atoms with van der Waals surface area (Å²) in [6.45, 7) is 20.2. The highest BCUT2D eigenvalue weighted by atomic mass is 16.2. The van der Waals surface area contributed by atoms with Gasteiger partial charge in [0.15, 0.2) is 12.1 Å². The number of carbonyl (C=O) groups excluding carboxylic acids is 2. The summed E-state index contributed by atoms with van der Waals surface area (Å²) in [6, 6.07) is 0. The van der Waals surface area contributed by atoms with Gasteiger partial charge < -0.3 is 0 Å². The summed E-state index contributed by atoms with van der Waals surface area (Å²) >= 11 is 0. The molecule has 0 amide bonds. The van der Waals surface area contributed by atoms with Crippen LogP contribution in [0.2, 0.25) is 0 Å². The molecule has 4 saturated carbocycles. The predicted molar refractivity (Wildman–Crippen MR) is 139 cm³/mol. The fraction of sp³-hybridized carbons (Fsp3) is 0.875. The highest BCUT2D eigenvalue weighted by molar-refractivity contribution is 6.26. The van der Waals surface area contributed by atoms with Crippen molar-refractivity contribution in [2.45, 2.75) is 113 Å². The molecule has 0 aromatic heterocycles. The second kappa shape index (κ2) is 7.55. The molecular weight excluding hydrogens is 416 g/mol. The van der Waals surface area contributed by atoms with Crippen molar-refractivity contribution in [1.29, 1.82) is 0 Å². The van der Waals surface area contributed by atoms with E-state index in [9.17, 15) is 9.59 Å². The molecule has 10 atom stereocenters. The van der Waals surface area contributed by atoms with Crippen molar-refractivity contribution in [3.63, 3.8) is 0 Å². The van der Waals surface area contributed by atoms with E-state index in [4.69, 9.17) is 0 Å². The monoisotopic (exact) mass is 466 g/mol. The summed E-state index contributed by atoms with van der Waals surface area (Å²) in [4.78, 5) is 24.2. The normalized spacial score (nSPS) is 53.9. The molecule has 0 bridgehead atoms. The first kappa shape index (κ1) is 24.8. The highest BCUT2D eigenvalue weighted by Crippen LogP contribution is 2.76. The molecule has 1 unspecified atom stereocenters. The molecule has 2 nitrogen and oxygen atoms in total. The molecule has 34 heavy (non-hydrogen) atoms. The van der Waals surface area contributed by atoms with Crippen molar-refractivity contribution in [3.05, 3.63) is 11.6 Å². The Morgan fingerprint density at radius 1 is 0.912 bits per heavy atom. The number of hydrogen-bond acceptors (Lipinski definition) is 2. The van der Waals surface area contributed by atoms with Gasteiger partial charge >= 0.3 is 0 Å². The molecule has 0 heterocycles. The highest BCUT2D eigenvalue weighted by Gasteiger charge is 2.68. The molecule has 5 aliphatic carbocycles. The molecule has 0 radical (unpaired) electrons. The summed E-state index contributed by atoms with van der Waals surface area (Å²) in [5.74, 6) is 3.28. The molecular formula is C32H50O2. The van der Waals surface area contributed by atoms with Crippen LogP contribution in [0.1, 0.15) is 113 Å². The van der Waals surface area contributed by atoms with Crippen molar-refractivity contribution in [2.75, 3.05) is 0 Å². The van der Waals surface area contributed by atoms with Crippen molar-refractivity contribution in [3.8, 4) is 0 Å². The second-order valence-corrected chi connectivity index (χ2v) is 15.4. The summed E-state index contributed by atoms with van der Waals surface area (Å²) < 4.78 is 0. The van der Waals surface area contributed by atoms with Crippen molar-refractivity contribution in [1.82, 2.24) is 0 Å². The molecule has 0 aliphatic heterocycles. The molecule has 5 aliphatic rings. The van der Waals surface area contributed by atoms with E-state index in [0.29, 0.717) is 23.5 Å². The zero-order valence-corrected chi connectivity index (χ0v) is 23.3. The Morgan fingerprint density at radius 3 is 2.29 bits per heavy atom. The van der Waals surface area contributed by atoms with Gasteiger partial charge in [0.05, 0.1) is 0 Å². The van der Waals surface area contributed by atoms with Crippen LogP contribution in [0.5, 0.6) is 0 Å². The van der Waals surface area contributed by atoms with E-state index in [-0.39, 0.29) is 33.4 Å². The molecule has 0 spiro atoms. The number of carbonyl (C=O) groups is 2. The SMILES string of the molecule is C[C@H]1[C@H](C)CC[C@]2(C)CC[C@]3(C)C(=CC[C@@H]4[C@@]5(C)CC(C(=O)C=O)CC(C)(C)[C@@H]5CC[C@]43C)[C@H]12. The maximum absolute atomic E-state index is 12.7. The molecule has 0 N–H and O–H groups in total. The first-order valence-corrected chi connectivity index (χ1v) is 14.4. The predicted octanol–water partition coefficient (Wildman–Crippen LogP) is 8.05. The average molecular weight is 467 g/mol. The van der Waals surface area contributed by atoms with Gasteiger partial charge in [0.25, 0.3) is 0 Å². The fourth-order valence-electron chi connectivity index (χ4n) is 11.5. The average Bonchev–Trinajstić information content (AvgIpc) is 2.76. The Morgan fingerprint density at radius 2 is 1.62 bits per heavy atom. The quantitative estimate of drug-likeness (QED) is 0.234. The van der Waals surface area contributed by atoms with E-state index in [1.165, 1.54) is 44.9 Å². The third kappa shape index (κ3) is 3.05. The lowest BCUT2D eigenvalue weighted by atomic mass is 9.33. The number of Topliss-reactive ketones (excluding diaryl/α,β-unsaturated/α-hetero) is 1. The van der Waals surface area contributed by atoms with Crippen LogP contribution in [0.25, 0.3) is 0 Å². The van der Waals surface area contributed by atoms with E-state index < -0.39 is 0 Å². The van der Waals surface area contributed by atoms with Crippen molar-refractivity contribution >= 4 is 12.1 Å². The zero-order valence-electron chi connectivity index (χ0n) is 23.3. The van der Waals surface area contributed by atoms with Gasteiger partial charge in [0.2, 0.25) is 0 Å². The van der Waals surface area contributed by atoms with Gasteiger partial charge in [-0.25, -0.2) is 0 Å². The van der Waals surface area contributed by atoms with Crippen LogP contribution in [0.3, 0.4) is 0 Å². The minimum atomic E-state index is -0.156. The Balaban J connectivity index is 1.59. The Bertz CT molecular complexity index is 914. The number of rotatable bonds is 2. The standard InChI is InChI=1S/C32H50O2/c1-20-11-13-29(5)15-16-31(7)23(27(29)21(20)2)9-10-26-30(6)18-22(24(34)19-33)17-28(3,4)25(30)12-14-32(26,31)8/h9,19-22,25-27H,10-18H2,1-8H3/t20-,21+,22?,25+,26-,27+,29-,30+,31-,32-/m1/s1. The summed E-state index contributed by atoms with van der Waals surface area (Å²) in [5, 5.41) is 0. The zero-order chi connectivity index (χ0) is 24.9. The van der Waals surface area contributed by atoms with Gasteiger partial charge in [-0.05, 0) is 114 Å². The molecule has 0 saturated heterocycles. The Labute approximate surface area is 209 Å². The Kier molecular flexibility index (Phi) is 5.50. The van der Waals surface area contributed by atoms with Crippen molar-refractivity contribution in [2.24, 2.45) is 62.6 Å². The number of hydrogen-bond donors (Lipinski definition) is 0. The summed E-state index contributed by atoms with van der Waals surface area (Å²) in [7, 11) is 0. The Hall–Kier alpha value is -0.920. The van der Waals surface area contributed by atoms with Crippen LogP contribution < -0.4 is 0 Å². The van der Waals surface area contributed by atoms with Gasteiger partial charge in [0, 0.05) is 5.92 Å². The fourth-order valence-corrected chi connectivity index (χ4v) is 11.5. The first-order valence-electron chi connectivity index (χ1n) is 14.4. The van der Waals surface area contributed by atoms with Crippen LogP contribution in [-0.4, -0.2) is 12.1 Å². The second-order valence-electron chi connectivity index (χ2n) is 15.4. The molecule has 4 fully saturated rings. The lowest BCUT2D eigenvalue weighted by Gasteiger charge is -2.71. The van der Waals surface area contributed by atoms with Crippen LogP contribution in [0.4, 0.5) is 0 Å². The van der Waals surface area contributed by atoms with Crippen molar-refractivity contribution < 1.29 is 9.59 Å². The van der Waals surface area contributed by atoms with Crippen LogP contribution in [-0.2, 0) is 9.59 Å². The molecule has 0 aromatic rings. The smallest absolute Gasteiger partial charge is 0.198 e. The molecule has 2 heteroatoms. The van der Waals surface area contributed by atoms with Gasteiger partial charge in [-0.1, -0.05) is 67.0 Å². The number of allylic oxidation sites excluding steroid dienone is 2. The van der Waals surface area contributed by atoms with Crippen LogP contribution in [0, 0.1) is 62.6 Å². The maximum Gasteiger partial charge on any atom is 0.198 e. The number of fused-ring (bicyclic) bond motifs is 7. The van der Waals surface area contributed by atoms with Crippen LogP contribution in [0.15, 0.2) is 11.6 Å². The topological polar surface area (TPSA) is 34.1 Å². The van der Waals surface area contributed by atoms with E-state index >= 15 is 0 Å². The summed E-state index contributed by atoms with van der Waals surface area (Å²) in [6.07, 6.45) is 14.3. The largest absolute Gasteiger partial charge is 0.295 e. The molecule has 0 aromatic carbocycles. The van der Waals surface area contributed by atoms with Crippen LogP contribution >= 0.6 is 0 Å². The summed E-state index contributed by atoms with van der Waals surface area (Å²) in [5.41, 5.74) is 3.04. The van der Waals surface area contributed by atoms with E-state index in [2.05, 4.69) is 61.5 Å². The number of ketones is 1. The number of aldehydes is 1. The van der Waals surface area contributed by atoms with E-state index in [1.807, 2.05) is 5.57 Å². The van der Waals surface area contributed by atoms with Gasteiger partial charge in [-0.3, -0.25) is 9.59 Å². The third-order valence-corrected chi connectivity index (χ3v) is 13.6. The van der Waals surface area contributed by atoms with E-state index in [1.54, 1.807) is 0 Å². The minimum Gasteiger partial charge on any atom is -0.295 e. The van der Waals surface area contributed by atoms with Gasteiger partial charge in [0.1, 0.15) is 0 Å². The first-order chi connectivity index (χ1) is 15.7. The molecule has 190 valence electrons. The lowest BCUT2D eigenvalue weighted by Crippen LogP contribution is -2.64. The van der Waals surface area contributed by atoms with Gasteiger partial charge in [-0.2, -0.15) is 0 Å². The maximum atomic E-state index is 12.7. The van der Waals surface area contributed by atoms with E-state index in [0.717, 1.165) is 30.6 Å². The lowest BCUT2D eigenvalue weighted by molar-refractivity contribution is -0.191.